The largest absolute Gasteiger partial charge is 0.345 e. The van der Waals surface area contributed by atoms with Crippen LogP contribution in [0.5, 0.6) is 0 Å². The van der Waals surface area contributed by atoms with Crippen LogP contribution in [0.2, 0.25) is 0 Å². The summed E-state index contributed by atoms with van der Waals surface area (Å²) < 4.78 is 0. The third kappa shape index (κ3) is 1.11. The molecule has 0 bridgehead atoms. The van der Waals surface area contributed by atoms with Crippen LogP contribution in [0.1, 0.15) is 0 Å². The minimum absolute atomic E-state index is 0.981. The van der Waals surface area contributed by atoms with Gasteiger partial charge in [-0.25, -0.2) is 9.98 Å². The molecule has 2 heterocycles. The lowest BCUT2D eigenvalue weighted by Crippen LogP contribution is -2.01. The number of para-hydroxylation sites is 1. The van der Waals surface area contributed by atoms with Crippen molar-refractivity contribution in [2.45, 2.75) is 0 Å². The van der Waals surface area contributed by atoms with E-state index in [1.807, 2.05) is 36.4 Å². The first-order chi connectivity index (χ1) is 8.43. The van der Waals surface area contributed by atoms with Crippen molar-refractivity contribution in [2.24, 2.45) is 4.99 Å². The number of fused-ring (bicyclic) bond motifs is 2. The number of hydrogen-bond donors (Lipinski definition) is 1. The maximum Gasteiger partial charge on any atom is 0.0931 e. The number of aliphatic imine (C=N–C) groups is 1. The molecule has 2 aromatic carbocycles. The molecule has 0 saturated carbocycles. The molecule has 0 atom stereocenters. The Morgan fingerprint density at radius 1 is 0.882 bits per heavy atom. The van der Waals surface area contributed by atoms with E-state index in [0.29, 0.717) is 0 Å². The van der Waals surface area contributed by atoms with Crippen LogP contribution >= 0.6 is 0 Å². The lowest BCUT2D eigenvalue weighted by Gasteiger charge is -2.15. The molecule has 80 valence electrons. The molecule has 0 saturated heterocycles. The fourth-order valence-corrected chi connectivity index (χ4v) is 2.35. The summed E-state index contributed by atoms with van der Waals surface area (Å²) in [7, 11) is 0. The number of nitrogens with zero attached hydrogens (tertiary/aromatic N) is 2. The van der Waals surface area contributed by atoms with Crippen molar-refractivity contribution in [3.8, 4) is 0 Å². The Morgan fingerprint density at radius 3 is 2.76 bits per heavy atom. The molecule has 0 unspecified atom stereocenters. The van der Waals surface area contributed by atoms with Gasteiger partial charge in [0, 0.05) is 5.39 Å². The van der Waals surface area contributed by atoms with Crippen LogP contribution in [0.15, 0.2) is 47.5 Å². The molecule has 0 amide bonds. The fraction of sp³-hybridized carbons (Fsp3) is 0. The molecular formula is C14H9N3. The number of nitrogens with one attached hydrogen (secondary N) is 1. The molecule has 0 radical (unpaired) electrons. The highest BCUT2D eigenvalue weighted by Gasteiger charge is 2.13. The lowest BCUT2D eigenvalue weighted by atomic mass is 10.1. The Bertz CT molecular complexity index is 775. The maximum absolute atomic E-state index is 4.67. The molecule has 17 heavy (non-hydrogen) atoms. The normalized spacial score (nSPS) is 12.9. The van der Waals surface area contributed by atoms with Gasteiger partial charge in [-0.1, -0.05) is 24.3 Å². The van der Waals surface area contributed by atoms with E-state index < -0.39 is 0 Å². The van der Waals surface area contributed by atoms with Crippen molar-refractivity contribution in [2.75, 3.05) is 5.32 Å². The third-order valence-electron chi connectivity index (χ3n) is 3.10. The highest BCUT2D eigenvalue weighted by atomic mass is 15.0. The number of pyridine rings is 1. The zero-order valence-electron chi connectivity index (χ0n) is 9.01. The number of hydrogen-bond acceptors (Lipinski definition) is 3. The van der Waals surface area contributed by atoms with Gasteiger partial charge in [-0.05, 0) is 18.2 Å². The summed E-state index contributed by atoms with van der Waals surface area (Å²) in [5, 5.41) is 5.48. The molecule has 0 spiro atoms. The molecule has 1 aromatic heterocycles. The van der Waals surface area contributed by atoms with Gasteiger partial charge in [0.15, 0.2) is 0 Å². The first-order valence-electron chi connectivity index (χ1n) is 5.54. The second-order valence-corrected chi connectivity index (χ2v) is 4.08. The second kappa shape index (κ2) is 3.04. The topological polar surface area (TPSA) is 37.3 Å². The van der Waals surface area contributed by atoms with Gasteiger partial charge in [0.25, 0.3) is 0 Å². The first-order valence-corrected chi connectivity index (χ1v) is 5.54. The quantitative estimate of drug-likeness (QED) is 0.588. The number of aromatic nitrogens is 1. The predicted molar refractivity (Wildman–Crippen MR) is 71.0 cm³/mol. The van der Waals surface area contributed by atoms with Crippen LogP contribution < -0.4 is 5.32 Å². The van der Waals surface area contributed by atoms with E-state index >= 15 is 0 Å². The zero-order chi connectivity index (χ0) is 11.2. The molecule has 3 heteroatoms. The Balaban J connectivity index is 2.33. The minimum atomic E-state index is 0.981. The summed E-state index contributed by atoms with van der Waals surface area (Å²) in [6.45, 7) is 0. The van der Waals surface area contributed by atoms with Crippen molar-refractivity contribution >= 4 is 39.5 Å². The van der Waals surface area contributed by atoms with Gasteiger partial charge in [0.2, 0.25) is 0 Å². The molecule has 1 N–H and O–H groups in total. The maximum atomic E-state index is 4.67. The van der Waals surface area contributed by atoms with Gasteiger partial charge in [-0.15, -0.1) is 0 Å². The van der Waals surface area contributed by atoms with Crippen LogP contribution in [-0.2, 0) is 0 Å². The second-order valence-electron chi connectivity index (χ2n) is 4.08. The SMILES string of the molecule is C1=Nc2cccc3nc4ccccc4c(c23)N1. The number of rotatable bonds is 0. The standard InChI is InChI=1S/C14H9N3/c1-2-5-10-9(4-1)14-13-11(15-8-16-14)6-3-7-12(13)17-10/h1-8H,(H,15,16). The zero-order valence-corrected chi connectivity index (χ0v) is 9.01. The van der Waals surface area contributed by atoms with Crippen molar-refractivity contribution in [3.05, 3.63) is 42.5 Å². The molecule has 3 aromatic rings. The monoisotopic (exact) mass is 219 g/mol. The van der Waals surface area contributed by atoms with Crippen molar-refractivity contribution in [1.29, 1.82) is 0 Å². The summed E-state index contributed by atoms with van der Waals surface area (Å²) in [5.41, 5.74) is 4.08. The third-order valence-corrected chi connectivity index (χ3v) is 3.10. The Labute approximate surface area is 97.8 Å². The predicted octanol–water partition coefficient (Wildman–Crippen LogP) is 3.47. The summed E-state index contributed by atoms with van der Waals surface area (Å²) >= 11 is 0. The fourth-order valence-electron chi connectivity index (χ4n) is 2.35. The van der Waals surface area contributed by atoms with Crippen LogP contribution in [0, 0.1) is 0 Å². The summed E-state index contributed by atoms with van der Waals surface area (Å²) in [5.74, 6) is 0. The molecule has 4 rings (SSSR count). The Hall–Kier alpha value is -2.42. The van der Waals surface area contributed by atoms with E-state index in [-0.39, 0.29) is 0 Å². The average molecular weight is 219 g/mol. The van der Waals surface area contributed by atoms with Gasteiger partial charge in [-0.2, -0.15) is 0 Å². The van der Waals surface area contributed by atoms with E-state index in [1.54, 1.807) is 6.34 Å². The van der Waals surface area contributed by atoms with E-state index in [2.05, 4.69) is 21.4 Å². The minimum Gasteiger partial charge on any atom is -0.345 e. The molecular weight excluding hydrogens is 210 g/mol. The molecule has 3 nitrogen and oxygen atoms in total. The number of anilines is 1. The van der Waals surface area contributed by atoms with Crippen LogP contribution in [0.3, 0.4) is 0 Å². The van der Waals surface area contributed by atoms with E-state index in [4.69, 9.17) is 0 Å². The summed E-state index contributed by atoms with van der Waals surface area (Å²) in [6, 6.07) is 14.2. The van der Waals surface area contributed by atoms with Crippen molar-refractivity contribution < 1.29 is 0 Å². The van der Waals surface area contributed by atoms with Gasteiger partial charge in [0.05, 0.1) is 34.1 Å². The highest BCUT2D eigenvalue weighted by molar-refractivity contribution is 6.16. The van der Waals surface area contributed by atoms with Gasteiger partial charge >= 0.3 is 0 Å². The molecule has 0 fully saturated rings. The summed E-state index contributed by atoms with van der Waals surface area (Å²) in [6.07, 6.45) is 1.74. The summed E-state index contributed by atoms with van der Waals surface area (Å²) in [4.78, 5) is 9.01. The van der Waals surface area contributed by atoms with Gasteiger partial charge < -0.3 is 5.32 Å². The van der Waals surface area contributed by atoms with Crippen LogP contribution in [0.4, 0.5) is 11.4 Å². The first kappa shape index (κ1) is 8.70. The van der Waals surface area contributed by atoms with E-state index in [1.165, 1.54) is 0 Å². The van der Waals surface area contributed by atoms with Gasteiger partial charge in [0.1, 0.15) is 0 Å². The van der Waals surface area contributed by atoms with Crippen LogP contribution in [0.25, 0.3) is 21.8 Å². The Kier molecular flexibility index (Phi) is 1.56. The number of benzene rings is 2. The van der Waals surface area contributed by atoms with E-state index in [9.17, 15) is 0 Å². The highest BCUT2D eigenvalue weighted by Crippen LogP contribution is 2.38. The van der Waals surface area contributed by atoms with Crippen molar-refractivity contribution in [3.63, 3.8) is 0 Å². The molecule has 1 aliphatic rings. The van der Waals surface area contributed by atoms with Gasteiger partial charge in [-0.3, -0.25) is 0 Å². The lowest BCUT2D eigenvalue weighted by molar-refractivity contribution is 1.46. The smallest absolute Gasteiger partial charge is 0.0931 e. The molecule has 1 aliphatic heterocycles. The van der Waals surface area contributed by atoms with Crippen molar-refractivity contribution in [1.82, 2.24) is 4.98 Å². The molecule has 0 aliphatic carbocycles. The average Bonchev–Trinajstić information content (AvgIpc) is 2.39. The Morgan fingerprint density at radius 2 is 1.76 bits per heavy atom. The van der Waals surface area contributed by atoms with E-state index in [0.717, 1.165) is 33.2 Å². The van der Waals surface area contributed by atoms with Crippen LogP contribution in [-0.4, -0.2) is 11.3 Å².